The van der Waals surface area contributed by atoms with E-state index in [2.05, 4.69) is 4.98 Å². The Morgan fingerprint density at radius 2 is 1.88 bits per heavy atom. The van der Waals surface area contributed by atoms with Gasteiger partial charge >= 0.3 is 0 Å². The smallest absolute Gasteiger partial charge is 0.270 e. The van der Waals surface area contributed by atoms with Crippen LogP contribution in [0.3, 0.4) is 0 Å². The first-order chi connectivity index (χ1) is 11.7. The zero-order valence-corrected chi connectivity index (χ0v) is 13.1. The molecule has 0 atom stereocenters. The molecule has 0 unspecified atom stereocenters. The molecule has 1 aliphatic rings. The molecule has 1 fully saturated rings. The van der Waals surface area contributed by atoms with Crippen molar-refractivity contribution in [1.82, 2.24) is 14.3 Å². The van der Waals surface area contributed by atoms with Gasteiger partial charge in [-0.05, 0) is 30.5 Å². The van der Waals surface area contributed by atoms with Gasteiger partial charge in [-0.2, -0.15) is 0 Å². The lowest BCUT2D eigenvalue weighted by atomic mass is 10.2. The van der Waals surface area contributed by atoms with Crippen LogP contribution in [0.5, 0.6) is 0 Å². The van der Waals surface area contributed by atoms with Gasteiger partial charge < -0.3 is 4.90 Å². The highest BCUT2D eigenvalue weighted by Crippen LogP contribution is 2.29. The van der Waals surface area contributed by atoms with Gasteiger partial charge in [-0.1, -0.05) is 36.4 Å². The molecule has 24 heavy (non-hydrogen) atoms. The molecule has 4 rings (SSSR count). The van der Waals surface area contributed by atoms with Crippen LogP contribution in [0.15, 0.2) is 65.7 Å². The number of rotatable bonds is 4. The third kappa shape index (κ3) is 2.69. The molecule has 5 nitrogen and oxygen atoms in total. The quantitative estimate of drug-likeness (QED) is 0.742. The first-order valence-corrected chi connectivity index (χ1v) is 8.05. The normalized spacial score (nSPS) is 13.8. The van der Waals surface area contributed by atoms with Crippen molar-refractivity contribution >= 4 is 11.6 Å². The van der Waals surface area contributed by atoms with E-state index in [-0.39, 0.29) is 23.1 Å². The minimum absolute atomic E-state index is 0.126. The van der Waals surface area contributed by atoms with Crippen LogP contribution < -0.4 is 5.56 Å². The molecular formula is C19H17N3O2. The lowest BCUT2D eigenvalue weighted by Crippen LogP contribution is -2.37. The molecule has 0 saturated heterocycles. The van der Waals surface area contributed by atoms with E-state index in [1.165, 1.54) is 10.6 Å². The molecule has 0 radical (unpaired) electrons. The van der Waals surface area contributed by atoms with Crippen molar-refractivity contribution in [1.29, 1.82) is 0 Å². The fourth-order valence-electron chi connectivity index (χ4n) is 2.86. The van der Waals surface area contributed by atoms with Crippen LogP contribution >= 0.6 is 0 Å². The van der Waals surface area contributed by atoms with E-state index in [4.69, 9.17) is 0 Å². The van der Waals surface area contributed by atoms with Crippen molar-refractivity contribution < 1.29 is 4.79 Å². The molecule has 1 aliphatic carbocycles. The Bertz CT molecular complexity index is 945. The number of pyridine rings is 1. The summed E-state index contributed by atoms with van der Waals surface area (Å²) in [7, 11) is 0. The van der Waals surface area contributed by atoms with E-state index in [1.807, 2.05) is 36.4 Å². The second-order valence-electron chi connectivity index (χ2n) is 6.06. The molecule has 2 heterocycles. The molecule has 120 valence electrons. The predicted molar refractivity (Wildman–Crippen MR) is 90.8 cm³/mol. The van der Waals surface area contributed by atoms with Gasteiger partial charge in [0.1, 0.15) is 11.2 Å². The minimum Gasteiger partial charge on any atom is -0.331 e. The SMILES string of the molecule is O=C(c1cnc2ccccn2c1=O)N(Cc1ccccc1)C1CC1. The van der Waals surface area contributed by atoms with Crippen LogP contribution in [0.2, 0.25) is 0 Å². The number of carbonyl (C=O) groups excluding carboxylic acids is 1. The molecular weight excluding hydrogens is 302 g/mol. The van der Waals surface area contributed by atoms with E-state index >= 15 is 0 Å². The Hall–Kier alpha value is -2.95. The average Bonchev–Trinajstić information content (AvgIpc) is 3.46. The van der Waals surface area contributed by atoms with Gasteiger partial charge in [-0.25, -0.2) is 4.98 Å². The Morgan fingerprint density at radius 1 is 1.12 bits per heavy atom. The Balaban J connectivity index is 1.70. The number of benzene rings is 1. The van der Waals surface area contributed by atoms with Crippen LogP contribution in [0.25, 0.3) is 5.65 Å². The summed E-state index contributed by atoms with van der Waals surface area (Å²) >= 11 is 0. The monoisotopic (exact) mass is 319 g/mol. The number of carbonyl (C=O) groups is 1. The van der Waals surface area contributed by atoms with Crippen molar-refractivity contribution in [3.05, 3.63) is 82.4 Å². The highest BCUT2D eigenvalue weighted by atomic mass is 16.2. The molecule has 0 spiro atoms. The molecule has 0 aliphatic heterocycles. The topological polar surface area (TPSA) is 54.7 Å². The number of amides is 1. The van der Waals surface area contributed by atoms with Crippen LogP contribution in [0.1, 0.15) is 28.8 Å². The van der Waals surface area contributed by atoms with E-state index in [0.29, 0.717) is 12.2 Å². The van der Waals surface area contributed by atoms with Gasteiger partial charge in [0.05, 0.1) is 0 Å². The predicted octanol–water partition coefficient (Wildman–Crippen LogP) is 2.50. The molecule has 3 aromatic rings. The summed E-state index contributed by atoms with van der Waals surface area (Å²) in [5.74, 6) is -0.239. The number of hydrogen-bond donors (Lipinski definition) is 0. The van der Waals surface area contributed by atoms with Gasteiger partial charge in [0.2, 0.25) is 0 Å². The average molecular weight is 319 g/mol. The largest absolute Gasteiger partial charge is 0.331 e. The summed E-state index contributed by atoms with van der Waals surface area (Å²) in [5.41, 5.74) is 1.41. The van der Waals surface area contributed by atoms with E-state index in [0.717, 1.165) is 18.4 Å². The summed E-state index contributed by atoms with van der Waals surface area (Å²) < 4.78 is 1.42. The van der Waals surface area contributed by atoms with Crippen molar-refractivity contribution in [3.63, 3.8) is 0 Å². The van der Waals surface area contributed by atoms with Gasteiger partial charge in [0.15, 0.2) is 0 Å². The summed E-state index contributed by atoms with van der Waals surface area (Å²) in [4.78, 5) is 31.7. The highest BCUT2D eigenvalue weighted by Gasteiger charge is 2.34. The molecule has 1 saturated carbocycles. The van der Waals surface area contributed by atoms with Crippen molar-refractivity contribution in [2.24, 2.45) is 0 Å². The second-order valence-corrected chi connectivity index (χ2v) is 6.06. The summed E-state index contributed by atoms with van der Waals surface area (Å²) in [6.07, 6.45) is 5.02. The summed E-state index contributed by atoms with van der Waals surface area (Å²) in [6.45, 7) is 0.515. The fraction of sp³-hybridized carbons (Fsp3) is 0.211. The van der Waals surface area contributed by atoms with Gasteiger partial charge in [0, 0.05) is 25.0 Å². The Labute approximate surface area is 139 Å². The molecule has 2 aromatic heterocycles. The van der Waals surface area contributed by atoms with Crippen molar-refractivity contribution in [3.8, 4) is 0 Å². The van der Waals surface area contributed by atoms with E-state index < -0.39 is 0 Å². The van der Waals surface area contributed by atoms with Gasteiger partial charge in [0.25, 0.3) is 11.5 Å². The van der Waals surface area contributed by atoms with E-state index in [9.17, 15) is 9.59 Å². The number of fused-ring (bicyclic) bond motifs is 1. The zero-order valence-electron chi connectivity index (χ0n) is 13.1. The van der Waals surface area contributed by atoms with Crippen LogP contribution in [-0.2, 0) is 6.54 Å². The molecule has 0 bridgehead atoms. The third-order valence-corrected chi connectivity index (χ3v) is 4.29. The highest BCUT2D eigenvalue weighted by molar-refractivity contribution is 5.94. The molecule has 0 N–H and O–H groups in total. The maximum atomic E-state index is 13.0. The Kier molecular flexibility index (Phi) is 3.61. The first kappa shape index (κ1) is 14.6. The zero-order chi connectivity index (χ0) is 16.5. The maximum Gasteiger partial charge on any atom is 0.270 e. The number of aromatic nitrogens is 2. The summed E-state index contributed by atoms with van der Waals surface area (Å²) in [5, 5.41) is 0. The summed E-state index contributed by atoms with van der Waals surface area (Å²) in [6, 6.07) is 15.4. The number of hydrogen-bond acceptors (Lipinski definition) is 3. The first-order valence-electron chi connectivity index (χ1n) is 8.05. The fourth-order valence-corrected chi connectivity index (χ4v) is 2.86. The molecule has 5 heteroatoms. The lowest BCUT2D eigenvalue weighted by Gasteiger charge is -2.22. The molecule has 1 amide bonds. The van der Waals surface area contributed by atoms with Crippen LogP contribution in [0, 0.1) is 0 Å². The standard InChI is InChI=1S/C19H17N3O2/c23-18-16(12-20-17-8-4-5-11-21(17)18)19(24)22(15-9-10-15)13-14-6-2-1-3-7-14/h1-8,11-12,15H,9-10,13H2. The number of nitrogens with zero attached hydrogens (tertiary/aromatic N) is 3. The van der Waals surface area contributed by atoms with Crippen molar-refractivity contribution in [2.75, 3.05) is 0 Å². The van der Waals surface area contributed by atoms with E-state index in [1.54, 1.807) is 23.2 Å². The van der Waals surface area contributed by atoms with Crippen LogP contribution in [-0.4, -0.2) is 26.2 Å². The lowest BCUT2D eigenvalue weighted by molar-refractivity contribution is 0.0727. The van der Waals surface area contributed by atoms with Crippen molar-refractivity contribution in [2.45, 2.75) is 25.4 Å². The second kappa shape index (κ2) is 5.92. The Morgan fingerprint density at radius 3 is 2.62 bits per heavy atom. The maximum absolute atomic E-state index is 13.0. The minimum atomic E-state index is -0.315. The van der Waals surface area contributed by atoms with Gasteiger partial charge in [-0.3, -0.25) is 14.0 Å². The third-order valence-electron chi connectivity index (χ3n) is 4.29. The van der Waals surface area contributed by atoms with Gasteiger partial charge in [-0.15, -0.1) is 0 Å². The molecule has 1 aromatic carbocycles. The van der Waals surface area contributed by atoms with Crippen LogP contribution in [0.4, 0.5) is 0 Å².